The van der Waals surface area contributed by atoms with Crippen LogP contribution in [-0.4, -0.2) is 19.3 Å². The van der Waals surface area contributed by atoms with Crippen molar-refractivity contribution < 1.29 is 19.3 Å². The van der Waals surface area contributed by atoms with Crippen LogP contribution in [0.1, 0.15) is 50.0 Å². The summed E-state index contributed by atoms with van der Waals surface area (Å²) in [5, 5.41) is 10.2. The molecule has 0 amide bonds. The fraction of sp³-hybridized carbons (Fsp3) is 0.360. The van der Waals surface area contributed by atoms with Gasteiger partial charge in [-0.15, -0.1) is 0 Å². The van der Waals surface area contributed by atoms with Crippen LogP contribution in [0, 0.1) is 0 Å². The SMILES string of the molecule is C=C(C)C(CC(OC)c1ccc(OC)c(OCc2ccccc2)c1CO)=C(C)C. The molecule has 0 bridgehead atoms. The van der Waals surface area contributed by atoms with Crippen LogP contribution in [0.5, 0.6) is 11.5 Å². The molecule has 0 aliphatic heterocycles. The third-order valence-electron chi connectivity index (χ3n) is 5.00. The second-order valence-corrected chi connectivity index (χ2v) is 7.28. The molecule has 2 rings (SSSR count). The van der Waals surface area contributed by atoms with Crippen molar-refractivity contribution >= 4 is 0 Å². The Morgan fingerprint density at radius 2 is 1.72 bits per heavy atom. The van der Waals surface area contributed by atoms with Crippen LogP contribution in [0.25, 0.3) is 0 Å². The summed E-state index contributed by atoms with van der Waals surface area (Å²) in [6, 6.07) is 13.7. The van der Waals surface area contributed by atoms with E-state index in [-0.39, 0.29) is 12.7 Å². The molecule has 0 spiro atoms. The minimum absolute atomic E-state index is 0.173. The summed E-state index contributed by atoms with van der Waals surface area (Å²) in [6.07, 6.45) is 0.440. The zero-order chi connectivity index (χ0) is 21.4. The average Bonchev–Trinajstić information content (AvgIpc) is 2.72. The van der Waals surface area contributed by atoms with Crippen LogP contribution in [0.4, 0.5) is 0 Å². The lowest BCUT2D eigenvalue weighted by molar-refractivity contribution is 0.101. The molecule has 0 aliphatic rings. The Morgan fingerprint density at radius 1 is 1.03 bits per heavy atom. The predicted molar refractivity (Wildman–Crippen MR) is 117 cm³/mol. The maximum absolute atomic E-state index is 10.2. The van der Waals surface area contributed by atoms with Crippen LogP contribution in [0.15, 0.2) is 65.8 Å². The summed E-state index contributed by atoms with van der Waals surface area (Å²) in [5.41, 5.74) is 6.01. The molecule has 2 aromatic rings. The predicted octanol–water partition coefficient (Wildman–Crippen LogP) is 5.76. The standard InChI is InChI=1S/C25H32O4/c1-17(2)21(18(3)4)14-24(28-6)20-12-13-23(27-5)25(22(20)15-26)29-16-19-10-8-7-9-11-19/h7-13,24,26H,1,14-16H2,2-6H3. The van der Waals surface area contributed by atoms with Gasteiger partial charge < -0.3 is 19.3 Å². The molecule has 29 heavy (non-hydrogen) atoms. The van der Waals surface area contributed by atoms with Crippen molar-refractivity contribution in [1.29, 1.82) is 0 Å². The van der Waals surface area contributed by atoms with Crippen LogP contribution in [0.2, 0.25) is 0 Å². The summed E-state index contributed by atoms with van der Waals surface area (Å²) in [4.78, 5) is 0. The average molecular weight is 397 g/mol. The molecule has 0 aliphatic carbocycles. The van der Waals surface area contributed by atoms with E-state index in [0.29, 0.717) is 30.1 Å². The number of hydrogen-bond donors (Lipinski definition) is 1. The Morgan fingerprint density at radius 3 is 2.24 bits per heavy atom. The number of hydrogen-bond acceptors (Lipinski definition) is 4. The molecular formula is C25H32O4. The van der Waals surface area contributed by atoms with Crippen molar-refractivity contribution in [2.24, 2.45) is 0 Å². The van der Waals surface area contributed by atoms with E-state index in [1.54, 1.807) is 14.2 Å². The van der Waals surface area contributed by atoms with E-state index in [9.17, 15) is 5.11 Å². The number of aliphatic hydroxyl groups is 1. The lowest BCUT2D eigenvalue weighted by Gasteiger charge is -2.24. The maximum atomic E-state index is 10.2. The molecule has 0 aromatic heterocycles. The molecule has 0 fully saturated rings. The molecule has 0 heterocycles. The van der Waals surface area contributed by atoms with E-state index >= 15 is 0 Å². The third-order valence-corrected chi connectivity index (χ3v) is 5.00. The van der Waals surface area contributed by atoms with Crippen LogP contribution >= 0.6 is 0 Å². The highest BCUT2D eigenvalue weighted by molar-refractivity contribution is 5.52. The van der Waals surface area contributed by atoms with E-state index in [0.717, 1.165) is 16.7 Å². The Hall–Kier alpha value is -2.56. The minimum Gasteiger partial charge on any atom is -0.493 e. The lowest BCUT2D eigenvalue weighted by atomic mass is 9.91. The molecule has 4 nitrogen and oxygen atoms in total. The van der Waals surface area contributed by atoms with Gasteiger partial charge in [0.15, 0.2) is 11.5 Å². The number of allylic oxidation sites excluding steroid dienone is 2. The highest BCUT2D eigenvalue weighted by Gasteiger charge is 2.23. The van der Waals surface area contributed by atoms with Crippen LogP contribution in [0.3, 0.4) is 0 Å². The van der Waals surface area contributed by atoms with Gasteiger partial charge >= 0.3 is 0 Å². The molecule has 0 saturated heterocycles. The summed E-state index contributed by atoms with van der Waals surface area (Å²) < 4.78 is 17.4. The van der Waals surface area contributed by atoms with E-state index < -0.39 is 0 Å². The zero-order valence-corrected chi connectivity index (χ0v) is 18.1. The molecule has 1 N–H and O–H groups in total. The van der Waals surface area contributed by atoms with Gasteiger partial charge in [-0.25, -0.2) is 0 Å². The van der Waals surface area contributed by atoms with Crippen LogP contribution < -0.4 is 9.47 Å². The Kier molecular flexibility index (Phi) is 8.50. The van der Waals surface area contributed by atoms with E-state index in [1.165, 1.54) is 11.1 Å². The highest BCUT2D eigenvalue weighted by Crippen LogP contribution is 2.40. The van der Waals surface area contributed by atoms with Crippen molar-refractivity contribution in [2.45, 2.75) is 46.5 Å². The quantitative estimate of drug-likeness (QED) is 0.519. The molecule has 156 valence electrons. The van der Waals surface area contributed by atoms with E-state index in [2.05, 4.69) is 20.4 Å². The summed E-state index contributed by atoms with van der Waals surface area (Å²) >= 11 is 0. The number of ether oxygens (including phenoxy) is 3. The van der Waals surface area contributed by atoms with Crippen molar-refractivity contribution in [3.63, 3.8) is 0 Å². The molecule has 2 aromatic carbocycles. The van der Waals surface area contributed by atoms with Crippen molar-refractivity contribution in [1.82, 2.24) is 0 Å². The van der Waals surface area contributed by atoms with Crippen LogP contribution in [-0.2, 0) is 18.0 Å². The van der Waals surface area contributed by atoms with Gasteiger partial charge in [-0.1, -0.05) is 54.1 Å². The lowest BCUT2D eigenvalue weighted by Crippen LogP contribution is -2.10. The molecule has 4 heteroatoms. The van der Waals surface area contributed by atoms with Crippen molar-refractivity contribution in [3.8, 4) is 11.5 Å². The Bertz CT molecular complexity index is 849. The second-order valence-electron chi connectivity index (χ2n) is 7.28. The molecule has 0 saturated carbocycles. The molecule has 0 radical (unpaired) electrons. The van der Waals surface area contributed by atoms with Gasteiger partial charge in [-0.05, 0) is 43.5 Å². The maximum Gasteiger partial charge on any atom is 0.167 e. The van der Waals surface area contributed by atoms with Gasteiger partial charge in [0.25, 0.3) is 0 Å². The summed E-state index contributed by atoms with van der Waals surface area (Å²) in [7, 11) is 3.28. The monoisotopic (exact) mass is 396 g/mol. The first-order valence-corrected chi connectivity index (χ1v) is 9.75. The van der Waals surface area contributed by atoms with Gasteiger partial charge in [0.2, 0.25) is 0 Å². The first-order chi connectivity index (χ1) is 13.9. The Labute approximate surface area is 174 Å². The molecule has 1 unspecified atom stereocenters. The Balaban J connectivity index is 2.43. The summed E-state index contributed by atoms with van der Waals surface area (Å²) in [5.74, 6) is 1.14. The fourth-order valence-corrected chi connectivity index (χ4v) is 3.45. The molecule has 1 atom stereocenters. The third kappa shape index (κ3) is 5.72. The second kappa shape index (κ2) is 10.8. The number of methoxy groups -OCH3 is 2. The van der Waals surface area contributed by atoms with Gasteiger partial charge in [0, 0.05) is 19.1 Å². The van der Waals surface area contributed by atoms with Gasteiger partial charge in [0.1, 0.15) is 6.61 Å². The number of rotatable bonds is 10. The van der Waals surface area contributed by atoms with Gasteiger partial charge in [-0.2, -0.15) is 0 Å². The number of benzene rings is 2. The van der Waals surface area contributed by atoms with Gasteiger partial charge in [-0.3, -0.25) is 0 Å². The minimum atomic E-state index is -0.233. The highest BCUT2D eigenvalue weighted by atomic mass is 16.5. The van der Waals surface area contributed by atoms with Crippen molar-refractivity contribution in [2.75, 3.05) is 14.2 Å². The van der Waals surface area contributed by atoms with E-state index in [1.807, 2.05) is 49.4 Å². The fourth-order valence-electron chi connectivity index (χ4n) is 3.45. The zero-order valence-electron chi connectivity index (χ0n) is 18.1. The van der Waals surface area contributed by atoms with Crippen molar-refractivity contribution in [3.05, 3.63) is 82.5 Å². The smallest absolute Gasteiger partial charge is 0.167 e. The number of aliphatic hydroxyl groups excluding tert-OH is 1. The first-order valence-electron chi connectivity index (χ1n) is 9.75. The molecular weight excluding hydrogens is 364 g/mol. The van der Waals surface area contributed by atoms with Gasteiger partial charge in [0.05, 0.1) is 19.8 Å². The largest absolute Gasteiger partial charge is 0.493 e. The normalized spacial score (nSPS) is 11.7. The van der Waals surface area contributed by atoms with E-state index in [4.69, 9.17) is 14.2 Å². The summed E-state index contributed by atoms with van der Waals surface area (Å²) in [6.45, 7) is 10.5. The first kappa shape index (κ1) is 22.7. The topological polar surface area (TPSA) is 47.9 Å².